The fourth-order valence-electron chi connectivity index (χ4n) is 5.39. The van der Waals surface area contributed by atoms with Crippen LogP contribution in [0, 0.1) is 0 Å². The van der Waals surface area contributed by atoms with Crippen LogP contribution in [0.3, 0.4) is 0 Å². The van der Waals surface area contributed by atoms with E-state index in [4.69, 9.17) is 38.3 Å². The average Bonchev–Trinajstić information content (AvgIpc) is 3.84. The van der Waals surface area contributed by atoms with Crippen LogP contribution >= 0.6 is 0 Å². The minimum Gasteiger partial charge on any atom is -0.394 e. The molecule has 4 fully saturated rings. The van der Waals surface area contributed by atoms with Gasteiger partial charge >= 0.3 is 0 Å². The second kappa shape index (κ2) is 15.4. The third-order valence-corrected chi connectivity index (χ3v) is 8.04. The van der Waals surface area contributed by atoms with E-state index < -0.39 is 150 Å². The smallest absolute Gasteiger partial charge is 0.187 e. The van der Waals surface area contributed by atoms with Crippen molar-refractivity contribution in [3.8, 4) is 0 Å². The van der Waals surface area contributed by atoms with Gasteiger partial charge in [-0.2, -0.15) is 0 Å². The van der Waals surface area contributed by atoms with Gasteiger partial charge in [-0.1, -0.05) is 0 Å². The van der Waals surface area contributed by atoms with Crippen molar-refractivity contribution in [1.29, 1.82) is 0 Å². The lowest BCUT2D eigenvalue weighted by Gasteiger charge is -2.45. The molecule has 0 aliphatic carbocycles. The van der Waals surface area contributed by atoms with E-state index in [0.29, 0.717) is 0 Å². The minimum absolute atomic E-state index is 0.684. The number of aliphatic hydroxyl groups excluding tert-OH is 13. The summed E-state index contributed by atoms with van der Waals surface area (Å²) in [4.78, 5) is 0. The molecule has 13 N–H and O–H groups in total. The highest BCUT2D eigenvalue weighted by atomic mass is 16.8. The van der Waals surface area contributed by atoms with Crippen molar-refractivity contribution < 1.29 is 99.5 Å². The van der Waals surface area contributed by atoms with Crippen molar-refractivity contribution in [2.45, 2.75) is 117 Å². The van der Waals surface area contributed by atoms with E-state index in [1.165, 1.54) is 0 Å². The zero-order valence-electron chi connectivity index (χ0n) is 23.2. The maximum Gasteiger partial charge on any atom is 0.187 e. The summed E-state index contributed by atoms with van der Waals surface area (Å²) in [6, 6.07) is 0. The lowest BCUT2D eigenvalue weighted by molar-refractivity contribution is -0.357. The molecule has 0 unspecified atom stereocenters. The Morgan fingerprint density at radius 2 is 1.02 bits per heavy atom. The molecule has 20 heteroatoms. The summed E-state index contributed by atoms with van der Waals surface area (Å²) in [6.45, 7) is -4.11. The van der Waals surface area contributed by atoms with Crippen molar-refractivity contribution in [2.75, 3.05) is 33.0 Å². The number of epoxide rings is 1. The Kier molecular flexibility index (Phi) is 12.6. The lowest BCUT2D eigenvalue weighted by atomic mass is 9.97. The minimum atomic E-state index is -1.97. The Bertz CT molecular complexity index is 883. The van der Waals surface area contributed by atoms with Crippen LogP contribution in [0.2, 0.25) is 0 Å². The van der Waals surface area contributed by atoms with E-state index in [-0.39, 0.29) is 0 Å². The summed E-state index contributed by atoms with van der Waals surface area (Å²) in [5, 5.41) is 130. The molecule has 4 heterocycles. The van der Waals surface area contributed by atoms with Gasteiger partial charge < -0.3 is 99.5 Å². The quantitative estimate of drug-likeness (QED) is 0.0776. The van der Waals surface area contributed by atoms with E-state index in [1.54, 1.807) is 0 Å². The van der Waals surface area contributed by atoms with E-state index >= 15 is 0 Å². The molecule has 4 aliphatic heterocycles. The molecular formula is C24H42O20. The molecule has 0 aromatic heterocycles. The molecule has 0 radical (unpaired) electrons. The van der Waals surface area contributed by atoms with Crippen LogP contribution in [0.5, 0.6) is 0 Å². The van der Waals surface area contributed by atoms with E-state index in [0.717, 1.165) is 0 Å². The topological polar surface area (TPSA) is 331 Å². The molecule has 44 heavy (non-hydrogen) atoms. The first-order chi connectivity index (χ1) is 20.9. The van der Waals surface area contributed by atoms with Gasteiger partial charge in [-0.25, -0.2) is 0 Å². The maximum atomic E-state index is 10.9. The van der Waals surface area contributed by atoms with Crippen molar-refractivity contribution >= 4 is 0 Å². The lowest BCUT2D eigenvalue weighted by Crippen LogP contribution is -2.64. The van der Waals surface area contributed by atoms with Crippen LogP contribution in [0.25, 0.3) is 0 Å². The molecule has 4 saturated heterocycles. The Hall–Kier alpha value is -0.800. The molecule has 0 aromatic rings. The first-order valence-corrected chi connectivity index (χ1v) is 14.0. The van der Waals surface area contributed by atoms with Crippen molar-refractivity contribution in [1.82, 2.24) is 0 Å². The van der Waals surface area contributed by atoms with Crippen molar-refractivity contribution in [3.05, 3.63) is 0 Å². The Morgan fingerprint density at radius 1 is 0.500 bits per heavy atom. The zero-order valence-corrected chi connectivity index (χ0v) is 23.2. The van der Waals surface area contributed by atoms with Gasteiger partial charge in [0.1, 0.15) is 97.7 Å². The highest BCUT2D eigenvalue weighted by Gasteiger charge is 2.62. The normalized spacial score (nSPS) is 47.0. The summed E-state index contributed by atoms with van der Waals surface area (Å²) in [6.07, 6.45) is -29.3. The van der Waals surface area contributed by atoms with Gasteiger partial charge in [0.15, 0.2) is 18.9 Å². The molecule has 0 spiro atoms. The fraction of sp³-hybridized carbons (Fsp3) is 1.00. The Labute approximate surface area is 249 Å². The van der Waals surface area contributed by atoms with Crippen LogP contribution in [0.15, 0.2) is 0 Å². The largest absolute Gasteiger partial charge is 0.394 e. The molecule has 4 aliphatic rings. The van der Waals surface area contributed by atoms with Crippen molar-refractivity contribution in [3.63, 3.8) is 0 Å². The number of hydrogen-bond acceptors (Lipinski definition) is 20. The van der Waals surface area contributed by atoms with E-state index in [2.05, 4.69) is 0 Å². The molecule has 20 nitrogen and oxygen atoms in total. The maximum absolute atomic E-state index is 10.9. The van der Waals surface area contributed by atoms with Gasteiger partial charge in [-0.3, -0.25) is 0 Å². The van der Waals surface area contributed by atoms with E-state index in [1.807, 2.05) is 0 Å². The van der Waals surface area contributed by atoms with Crippen molar-refractivity contribution in [2.24, 2.45) is 0 Å². The van der Waals surface area contributed by atoms with Gasteiger partial charge in [0.05, 0.1) is 33.0 Å². The molecule has 0 amide bonds. The highest BCUT2D eigenvalue weighted by Crippen LogP contribution is 2.42. The third-order valence-electron chi connectivity index (χ3n) is 8.04. The van der Waals surface area contributed by atoms with Gasteiger partial charge in [-0.05, 0) is 0 Å². The van der Waals surface area contributed by atoms with Gasteiger partial charge in [0.25, 0.3) is 0 Å². The van der Waals surface area contributed by atoms with Gasteiger partial charge in [0, 0.05) is 0 Å². The molecule has 0 aromatic carbocycles. The first kappa shape index (κ1) is 36.0. The predicted molar refractivity (Wildman–Crippen MR) is 133 cm³/mol. The second-order valence-corrected chi connectivity index (χ2v) is 11.0. The monoisotopic (exact) mass is 650 g/mol. The number of rotatable bonds is 14. The van der Waals surface area contributed by atoms with Crippen LogP contribution in [0.1, 0.15) is 0 Å². The fourth-order valence-corrected chi connectivity index (χ4v) is 5.39. The van der Waals surface area contributed by atoms with Crippen LogP contribution in [-0.2, 0) is 33.2 Å². The number of fused-ring (bicyclic) bond motifs is 1. The van der Waals surface area contributed by atoms with E-state index in [9.17, 15) is 61.3 Å². The summed E-state index contributed by atoms with van der Waals surface area (Å²) in [7, 11) is 0. The Balaban J connectivity index is 1.41. The number of hydrogen-bond donors (Lipinski definition) is 13. The molecule has 0 bridgehead atoms. The average molecular weight is 651 g/mol. The summed E-state index contributed by atoms with van der Waals surface area (Å²) >= 11 is 0. The SMILES string of the molecule is OC[C@@H](O)[C@@H](O[C@H]1O[C@H](CO)[C@@H](O[C@H]2O[C@H](CO)[C@@H](O[C@H]3O[C@H](CO)[C@@H](O)[C@H](O)[C@H]3O)[C@@H]3O[C@H]23)[C@H](O)[C@H]1O)[C@H](O)[C@@H](O)CO. The highest BCUT2D eigenvalue weighted by molar-refractivity contribution is 5.04. The molecule has 4 rings (SSSR count). The standard InChI is InChI=1S/C24H42O20/c25-1-6(30)11(32)17(7(31)2-26)42-23-16(37)14(35)18(9(4-28)39-23)43-24-21-20(41-21)19(10(5-29)40-24)44-22-15(36)13(34)12(33)8(3-27)38-22/h6-37H,1-5H2/t6-,7+,8+,9+,10+,11+,12+,13-,14+,15+,16+,17+,18+,19+,20-,21-,22+,23+,24+/m0/s1. The number of aliphatic hydroxyl groups is 13. The first-order valence-electron chi connectivity index (χ1n) is 14.0. The summed E-state index contributed by atoms with van der Waals surface area (Å²) in [5.41, 5.74) is 0. The van der Waals surface area contributed by atoms with Crippen LogP contribution in [0.4, 0.5) is 0 Å². The second-order valence-electron chi connectivity index (χ2n) is 11.0. The molecule has 258 valence electrons. The predicted octanol–water partition coefficient (Wildman–Crippen LogP) is -9.07. The zero-order chi connectivity index (χ0) is 32.5. The van der Waals surface area contributed by atoms with Crippen LogP contribution in [-0.4, -0.2) is 216 Å². The van der Waals surface area contributed by atoms with Gasteiger partial charge in [0.2, 0.25) is 0 Å². The summed E-state index contributed by atoms with van der Waals surface area (Å²) < 4.78 is 39.0. The van der Waals surface area contributed by atoms with Gasteiger partial charge in [-0.15, -0.1) is 0 Å². The molecular weight excluding hydrogens is 608 g/mol. The summed E-state index contributed by atoms with van der Waals surface area (Å²) in [5.74, 6) is 0. The van der Waals surface area contributed by atoms with Crippen LogP contribution < -0.4 is 0 Å². The third kappa shape index (κ3) is 7.35. The molecule has 19 atom stereocenters. The molecule has 0 saturated carbocycles. The Morgan fingerprint density at radius 3 is 1.61 bits per heavy atom. The number of ether oxygens (including phenoxy) is 7.